The van der Waals surface area contributed by atoms with Crippen molar-refractivity contribution in [2.75, 3.05) is 36.1 Å². The van der Waals surface area contributed by atoms with Gasteiger partial charge in [-0.3, -0.25) is 14.2 Å². The lowest BCUT2D eigenvalue weighted by Gasteiger charge is -2.28. The Kier molecular flexibility index (Phi) is 5.50. The minimum atomic E-state index is -0.947. The number of nitrogens with zero attached hydrogens (tertiary/aromatic N) is 4. The third kappa shape index (κ3) is 3.45. The number of halogens is 3. The van der Waals surface area contributed by atoms with E-state index in [-0.39, 0.29) is 35.0 Å². The van der Waals surface area contributed by atoms with E-state index in [4.69, 9.17) is 16.3 Å². The molecule has 1 aromatic carbocycles. The summed E-state index contributed by atoms with van der Waals surface area (Å²) in [5, 5.41) is 0.0107. The molecule has 0 saturated carbocycles. The Labute approximate surface area is 176 Å². The van der Waals surface area contributed by atoms with Gasteiger partial charge in [-0.05, 0) is 31.0 Å². The molecule has 0 bridgehead atoms. The van der Waals surface area contributed by atoms with Gasteiger partial charge < -0.3 is 14.5 Å². The fourth-order valence-electron chi connectivity index (χ4n) is 3.98. The molecule has 1 saturated heterocycles. The average molecular weight is 439 g/mol. The van der Waals surface area contributed by atoms with Crippen molar-refractivity contribution in [3.8, 4) is 0 Å². The van der Waals surface area contributed by atoms with E-state index in [0.717, 1.165) is 4.57 Å². The zero-order valence-corrected chi connectivity index (χ0v) is 17.4. The topological polar surface area (TPSA) is 67.7 Å². The van der Waals surface area contributed by atoms with Gasteiger partial charge in [-0.15, -0.1) is 0 Å². The predicted octanol–water partition coefficient (Wildman–Crippen LogP) is 2.07. The summed E-state index contributed by atoms with van der Waals surface area (Å²) in [5.74, 6) is -1.72. The largest absolute Gasteiger partial charge is 0.378 e. The van der Waals surface area contributed by atoms with Crippen molar-refractivity contribution in [2.24, 2.45) is 7.05 Å². The smallest absolute Gasteiger partial charge is 0.291 e. The van der Waals surface area contributed by atoms with Gasteiger partial charge in [0.1, 0.15) is 11.6 Å². The van der Waals surface area contributed by atoms with Gasteiger partial charge in [0, 0.05) is 31.9 Å². The second-order valence-electron chi connectivity index (χ2n) is 7.48. The molecule has 7 nitrogen and oxygen atoms in total. The third-order valence-corrected chi connectivity index (χ3v) is 5.98. The minimum Gasteiger partial charge on any atom is -0.378 e. The van der Waals surface area contributed by atoms with Crippen molar-refractivity contribution in [2.45, 2.75) is 25.8 Å². The molecule has 3 heterocycles. The molecule has 160 valence electrons. The Hall–Kier alpha value is -2.52. The lowest BCUT2D eigenvalue weighted by atomic mass is 10.1. The molecule has 10 heteroatoms. The van der Waals surface area contributed by atoms with E-state index in [1.54, 1.807) is 4.90 Å². The highest BCUT2D eigenvalue weighted by atomic mass is 35.5. The number of benzene rings is 1. The van der Waals surface area contributed by atoms with Crippen LogP contribution in [0.3, 0.4) is 0 Å². The van der Waals surface area contributed by atoms with Crippen LogP contribution in [-0.4, -0.2) is 47.8 Å². The SMILES string of the molecule is CC1Cc2c(ccc(F)c2Cl)N1C(=O)Cc1nc(N2CCOCC2)c(F)c(=O)n1C. The summed E-state index contributed by atoms with van der Waals surface area (Å²) in [7, 11) is 1.39. The Morgan fingerprint density at radius 1 is 1.30 bits per heavy atom. The van der Waals surface area contributed by atoms with Crippen LogP contribution in [0.25, 0.3) is 0 Å². The number of ether oxygens (including phenoxy) is 1. The van der Waals surface area contributed by atoms with E-state index in [9.17, 15) is 18.4 Å². The van der Waals surface area contributed by atoms with Gasteiger partial charge in [0.2, 0.25) is 11.7 Å². The maximum absolute atomic E-state index is 14.6. The standard InChI is InChI=1S/C20H21ClF2N4O3/c1-11-9-12-14(4-3-13(22)17(12)21)27(11)16(28)10-15-24-19(18(23)20(29)25(15)2)26-5-7-30-8-6-26/h3-4,11H,5-10H2,1-2H3. The van der Waals surface area contributed by atoms with Gasteiger partial charge in [-0.2, -0.15) is 4.39 Å². The molecule has 1 aromatic heterocycles. The van der Waals surface area contributed by atoms with Crippen LogP contribution < -0.4 is 15.4 Å². The summed E-state index contributed by atoms with van der Waals surface area (Å²) in [6, 6.07) is 2.51. The number of rotatable bonds is 3. The van der Waals surface area contributed by atoms with Gasteiger partial charge in [0.05, 0.1) is 24.7 Å². The van der Waals surface area contributed by atoms with E-state index >= 15 is 0 Å². The van der Waals surface area contributed by atoms with Gasteiger partial charge in [0.15, 0.2) is 5.82 Å². The van der Waals surface area contributed by atoms with E-state index in [1.807, 2.05) is 6.92 Å². The summed E-state index contributed by atoms with van der Waals surface area (Å²) in [5.41, 5.74) is 0.279. The number of anilines is 2. The molecule has 2 aliphatic rings. The molecule has 1 atom stereocenters. The number of carbonyl (C=O) groups excluding carboxylic acids is 1. The van der Waals surface area contributed by atoms with Crippen molar-refractivity contribution in [1.29, 1.82) is 0 Å². The van der Waals surface area contributed by atoms with Crippen LogP contribution in [0, 0.1) is 11.6 Å². The molecule has 1 amide bonds. The first kappa shape index (κ1) is 20.7. The molecule has 2 aliphatic heterocycles. The second kappa shape index (κ2) is 7.96. The fourth-order valence-corrected chi connectivity index (χ4v) is 4.21. The van der Waals surface area contributed by atoms with Crippen molar-refractivity contribution < 1.29 is 18.3 Å². The zero-order chi connectivity index (χ0) is 21.6. The Morgan fingerprint density at radius 2 is 2.00 bits per heavy atom. The number of hydrogen-bond donors (Lipinski definition) is 0. The molecule has 1 unspecified atom stereocenters. The van der Waals surface area contributed by atoms with E-state index in [0.29, 0.717) is 44.0 Å². The fraction of sp³-hybridized carbons (Fsp3) is 0.450. The number of carbonyl (C=O) groups is 1. The molecule has 0 spiro atoms. The number of amides is 1. The number of aromatic nitrogens is 2. The summed E-state index contributed by atoms with van der Waals surface area (Å²) in [4.78, 5) is 33.0. The normalized spacial score (nSPS) is 18.6. The van der Waals surface area contributed by atoms with Gasteiger partial charge in [0.25, 0.3) is 5.56 Å². The highest BCUT2D eigenvalue weighted by molar-refractivity contribution is 6.32. The van der Waals surface area contributed by atoms with Crippen LogP contribution in [0.1, 0.15) is 18.3 Å². The van der Waals surface area contributed by atoms with Gasteiger partial charge >= 0.3 is 0 Å². The van der Waals surface area contributed by atoms with Crippen molar-refractivity contribution in [3.05, 3.63) is 50.5 Å². The van der Waals surface area contributed by atoms with Crippen molar-refractivity contribution >= 4 is 29.0 Å². The Balaban J connectivity index is 1.67. The molecule has 0 radical (unpaired) electrons. The van der Waals surface area contributed by atoms with E-state index in [1.165, 1.54) is 24.1 Å². The third-order valence-electron chi connectivity index (χ3n) is 5.57. The van der Waals surface area contributed by atoms with Gasteiger partial charge in [-0.1, -0.05) is 11.6 Å². The first-order chi connectivity index (χ1) is 14.3. The van der Waals surface area contributed by atoms with Gasteiger partial charge in [-0.25, -0.2) is 9.37 Å². The van der Waals surface area contributed by atoms with Crippen LogP contribution >= 0.6 is 11.6 Å². The van der Waals surface area contributed by atoms with Crippen LogP contribution in [0.5, 0.6) is 0 Å². The summed E-state index contributed by atoms with van der Waals surface area (Å²) in [6.07, 6.45) is 0.217. The highest BCUT2D eigenvalue weighted by Gasteiger charge is 2.34. The highest BCUT2D eigenvalue weighted by Crippen LogP contribution is 2.38. The number of fused-ring (bicyclic) bond motifs is 1. The molecule has 0 aliphatic carbocycles. The lowest BCUT2D eigenvalue weighted by Crippen LogP contribution is -2.41. The minimum absolute atomic E-state index is 0.0107. The molecule has 4 rings (SSSR count). The molecular weight excluding hydrogens is 418 g/mol. The molecule has 30 heavy (non-hydrogen) atoms. The number of hydrogen-bond acceptors (Lipinski definition) is 5. The van der Waals surface area contributed by atoms with Crippen LogP contribution in [0.4, 0.5) is 20.3 Å². The molecule has 1 fully saturated rings. The number of morpholine rings is 1. The maximum atomic E-state index is 14.6. The molecule has 2 aromatic rings. The quantitative estimate of drug-likeness (QED) is 0.734. The predicted molar refractivity (Wildman–Crippen MR) is 108 cm³/mol. The van der Waals surface area contributed by atoms with E-state index < -0.39 is 17.2 Å². The average Bonchev–Trinajstić information content (AvgIpc) is 3.08. The van der Waals surface area contributed by atoms with Crippen LogP contribution in [0.15, 0.2) is 16.9 Å². The Bertz CT molecular complexity index is 1070. The van der Waals surface area contributed by atoms with Crippen LogP contribution in [-0.2, 0) is 29.4 Å². The van der Waals surface area contributed by atoms with Crippen LogP contribution in [0.2, 0.25) is 5.02 Å². The van der Waals surface area contributed by atoms with E-state index in [2.05, 4.69) is 4.98 Å². The first-order valence-corrected chi connectivity index (χ1v) is 10.0. The monoisotopic (exact) mass is 438 g/mol. The maximum Gasteiger partial charge on any atom is 0.291 e. The summed E-state index contributed by atoms with van der Waals surface area (Å²) in [6.45, 7) is 3.46. The summed E-state index contributed by atoms with van der Waals surface area (Å²) < 4.78 is 34.7. The zero-order valence-electron chi connectivity index (χ0n) is 16.6. The second-order valence-corrected chi connectivity index (χ2v) is 7.86. The lowest BCUT2D eigenvalue weighted by molar-refractivity contribution is -0.118. The first-order valence-electron chi connectivity index (χ1n) is 9.66. The summed E-state index contributed by atoms with van der Waals surface area (Å²) >= 11 is 6.08. The van der Waals surface area contributed by atoms with Crippen molar-refractivity contribution in [1.82, 2.24) is 9.55 Å². The van der Waals surface area contributed by atoms with Crippen molar-refractivity contribution in [3.63, 3.8) is 0 Å². The molecule has 0 N–H and O–H groups in total. The Morgan fingerprint density at radius 3 is 2.70 bits per heavy atom. The molecular formula is C20H21ClF2N4O3.